The van der Waals surface area contributed by atoms with Gasteiger partial charge in [-0.1, -0.05) is 42.5 Å². The fourth-order valence-electron chi connectivity index (χ4n) is 3.43. The Hall–Kier alpha value is -4.20. The molecule has 0 aliphatic heterocycles. The lowest BCUT2D eigenvalue weighted by atomic mass is 9.98. The number of hydrogen-bond donors (Lipinski definition) is 2. The fraction of sp³-hybridized carbons (Fsp3) is 0.0800. The van der Waals surface area contributed by atoms with Crippen molar-refractivity contribution in [1.29, 1.82) is 0 Å². The number of alkyl halides is 3. The molecule has 4 rings (SSSR count). The quantitative estimate of drug-likeness (QED) is 0.421. The highest BCUT2D eigenvalue weighted by molar-refractivity contribution is 6.08. The Kier molecular flexibility index (Phi) is 5.83. The molecule has 1 aromatic heterocycles. The number of benzene rings is 3. The zero-order valence-electron chi connectivity index (χ0n) is 17.4. The molecule has 4 aromatic rings. The normalized spacial score (nSPS) is 11.3. The number of carbonyl (C=O) groups excluding carboxylic acids is 1. The summed E-state index contributed by atoms with van der Waals surface area (Å²) in [4.78, 5) is 31.8. The minimum atomic E-state index is -4.43. The maximum atomic E-state index is 13.0. The number of anilines is 1. The molecule has 0 atom stereocenters. The van der Waals surface area contributed by atoms with E-state index in [1.165, 1.54) is 18.2 Å². The third kappa shape index (κ3) is 5.01. The molecule has 0 fully saturated rings. The van der Waals surface area contributed by atoms with Gasteiger partial charge in [0.15, 0.2) is 0 Å². The molecule has 3 aromatic carbocycles. The number of rotatable bonds is 4. The Balaban J connectivity index is 1.62. The first kappa shape index (κ1) is 22.0. The van der Waals surface area contributed by atoms with Crippen molar-refractivity contribution in [3.63, 3.8) is 0 Å². The summed E-state index contributed by atoms with van der Waals surface area (Å²) < 4.78 is 38.6. The molecule has 2 N–H and O–H groups in total. The predicted molar refractivity (Wildman–Crippen MR) is 120 cm³/mol. The lowest BCUT2D eigenvalue weighted by Gasteiger charge is -2.12. The molecule has 33 heavy (non-hydrogen) atoms. The number of nitrogens with one attached hydrogen (secondary N) is 2. The number of H-pyrrole nitrogens is 1. The van der Waals surface area contributed by atoms with Crippen LogP contribution in [0.1, 0.15) is 21.6 Å². The molecule has 0 bridgehead atoms. The van der Waals surface area contributed by atoms with Crippen LogP contribution in [-0.4, -0.2) is 15.9 Å². The van der Waals surface area contributed by atoms with Gasteiger partial charge in [-0.3, -0.25) is 9.59 Å². The highest BCUT2D eigenvalue weighted by atomic mass is 19.4. The monoisotopic (exact) mass is 449 g/mol. The van der Waals surface area contributed by atoms with E-state index in [-0.39, 0.29) is 5.56 Å². The van der Waals surface area contributed by atoms with Gasteiger partial charge in [0.25, 0.3) is 11.5 Å². The van der Waals surface area contributed by atoms with Crippen LogP contribution in [0.5, 0.6) is 0 Å². The molecule has 5 nitrogen and oxygen atoms in total. The number of carbonyl (C=O) groups is 1. The molecule has 0 aliphatic carbocycles. The summed E-state index contributed by atoms with van der Waals surface area (Å²) in [6.07, 6.45) is -4.43. The third-order valence-corrected chi connectivity index (χ3v) is 4.96. The van der Waals surface area contributed by atoms with E-state index in [1.54, 1.807) is 55.5 Å². The number of aromatic amines is 1. The topological polar surface area (TPSA) is 74.8 Å². The maximum absolute atomic E-state index is 13.0. The van der Waals surface area contributed by atoms with Crippen molar-refractivity contribution in [1.82, 2.24) is 9.97 Å². The highest BCUT2D eigenvalue weighted by Gasteiger charge is 2.30. The van der Waals surface area contributed by atoms with Crippen molar-refractivity contribution in [2.75, 3.05) is 5.32 Å². The molecule has 0 spiro atoms. The Morgan fingerprint density at radius 2 is 1.64 bits per heavy atom. The first-order valence-corrected chi connectivity index (χ1v) is 9.97. The van der Waals surface area contributed by atoms with E-state index in [4.69, 9.17) is 0 Å². The van der Waals surface area contributed by atoms with E-state index in [1.807, 2.05) is 0 Å². The molecule has 0 radical (unpaired) electrons. The second-order valence-electron chi connectivity index (χ2n) is 7.39. The smallest absolute Gasteiger partial charge is 0.322 e. The zero-order chi connectivity index (χ0) is 23.6. The molecule has 166 valence electrons. The van der Waals surface area contributed by atoms with Gasteiger partial charge < -0.3 is 10.3 Å². The van der Waals surface area contributed by atoms with Crippen LogP contribution in [-0.2, 0) is 6.18 Å². The predicted octanol–water partition coefficient (Wildman–Crippen LogP) is 5.68. The standard InChI is InChI=1S/C25H18F3N3O2/c1-15-13-22(32)31-23(29-15)17-5-4-6-19(14-17)30-24(33)21-8-3-2-7-20(21)16-9-11-18(12-10-16)25(26,27)28/h2-14H,1H3,(H,30,33)(H,29,31,32). The van der Waals surface area contributed by atoms with Crippen LogP contribution in [0.2, 0.25) is 0 Å². The van der Waals surface area contributed by atoms with Crippen molar-refractivity contribution in [2.45, 2.75) is 13.1 Å². The summed E-state index contributed by atoms with van der Waals surface area (Å²) >= 11 is 0. The summed E-state index contributed by atoms with van der Waals surface area (Å²) in [5.74, 6) is -0.0467. The minimum absolute atomic E-state index is 0.280. The van der Waals surface area contributed by atoms with Crippen LogP contribution in [0.15, 0.2) is 83.7 Å². The summed E-state index contributed by atoms with van der Waals surface area (Å²) in [6.45, 7) is 1.71. The summed E-state index contributed by atoms with van der Waals surface area (Å²) in [5.41, 5.74) is 1.92. The van der Waals surface area contributed by atoms with Crippen LogP contribution >= 0.6 is 0 Å². The van der Waals surface area contributed by atoms with E-state index >= 15 is 0 Å². The van der Waals surface area contributed by atoms with Gasteiger partial charge in [0, 0.05) is 28.6 Å². The minimum Gasteiger partial charge on any atom is -0.322 e. The molecule has 0 unspecified atom stereocenters. The van der Waals surface area contributed by atoms with Crippen molar-refractivity contribution in [3.05, 3.63) is 106 Å². The van der Waals surface area contributed by atoms with Gasteiger partial charge in [-0.15, -0.1) is 0 Å². The average molecular weight is 449 g/mol. The molecule has 1 amide bonds. The van der Waals surface area contributed by atoms with Crippen molar-refractivity contribution in [3.8, 4) is 22.5 Å². The van der Waals surface area contributed by atoms with Gasteiger partial charge >= 0.3 is 6.18 Å². The lowest BCUT2D eigenvalue weighted by Crippen LogP contribution is -2.13. The lowest BCUT2D eigenvalue weighted by molar-refractivity contribution is -0.137. The van der Waals surface area contributed by atoms with Crippen LogP contribution < -0.4 is 10.9 Å². The van der Waals surface area contributed by atoms with Gasteiger partial charge in [-0.05, 0) is 48.4 Å². The molecule has 0 saturated heterocycles. The van der Waals surface area contributed by atoms with Gasteiger partial charge in [-0.2, -0.15) is 13.2 Å². The number of aromatic nitrogens is 2. The molecular formula is C25H18F3N3O2. The van der Waals surface area contributed by atoms with E-state index in [0.29, 0.717) is 39.5 Å². The maximum Gasteiger partial charge on any atom is 0.416 e. The average Bonchev–Trinajstić information content (AvgIpc) is 2.78. The Bertz CT molecular complexity index is 1380. The van der Waals surface area contributed by atoms with E-state index < -0.39 is 17.6 Å². The summed E-state index contributed by atoms with van der Waals surface area (Å²) in [7, 11) is 0. The SMILES string of the molecule is Cc1cc(=O)[nH]c(-c2cccc(NC(=O)c3ccccc3-c3ccc(C(F)(F)F)cc3)c2)n1. The van der Waals surface area contributed by atoms with E-state index in [2.05, 4.69) is 15.3 Å². The molecule has 0 saturated carbocycles. The van der Waals surface area contributed by atoms with Crippen molar-refractivity contribution < 1.29 is 18.0 Å². The van der Waals surface area contributed by atoms with Crippen LogP contribution in [0.3, 0.4) is 0 Å². The molecule has 0 aliphatic rings. The number of halogens is 3. The van der Waals surface area contributed by atoms with Crippen LogP contribution in [0.4, 0.5) is 18.9 Å². The molecule has 1 heterocycles. The second kappa shape index (κ2) is 8.74. The Morgan fingerprint density at radius 1 is 0.909 bits per heavy atom. The first-order valence-electron chi connectivity index (χ1n) is 9.97. The molecule has 8 heteroatoms. The van der Waals surface area contributed by atoms with Gasteiger partial charge in [-0.25, -0.2) is 4.98 Å². The fourth-order valence-corrected chi connectivity index (χ4v) is 3.43. The molecular weight excluding hydrogens is 431 g/mol. The zero-order valence-corrected chi connectivity index (χ0v) is 17.4. The van der Waals surface area contributed by atoms with Gasteiger partial charge in [0.2, 0.25) is 0 Å². The van der Waals surface area contributed by atoms with Crippen LogP contribution in [0.25, 0.3) is 22.5 Å². The summed E-state index contributed by atoms with van der Waals surface area (Å²) in [5, 5.41) is 2.80. The largest absolute Gasteiger partial charge is 0.416 e. The number of aryl methyl sites for hydroxylation is 1. The van der Waals surface area contributed by atoms with Crippen molar-refractivity contribution in [2.24, 2.45) is 0 Å². The third-order valence-electron chi connectivity index (χ3n) is 4.96. The van der Waals surface area contributed by atoms with E-state index in [0.717, 1.165) is 12.1 Å². The van der Waals surface area contributed by atoms with E-state index in [9.17, 15) is 22.8 Å². The Labute approximate surface area is 187 Å². The first-order chi connectivity index (χ1) is 15.7. The Morgan fingerprint density at radius 3 is 2.33 bits per heavy atom. The number of nitrogens with zero attached hydrogens (tertiary/aromatic N) is 1. The number of amides is 1. The number of hydrogen-bond acceptors (Lipinski definition) is 3. The highest BCUT2D eigenvalue weighted by Crippen LogP contribution is 2.32. The van der Waals surface area contributed by atoms with Crippen molar-refractivity contribution >= 4 is 11.6 Å². The summed E-state index contributed by atoms with van der Waals surface area (Å²) in [6, 6.07) is 19.6. The van der Waals surface area contributed by atoms with Crippen LogP contribution in [0, 0.1) is 6.92 Å². The van der Waals surface area contributed by atoms with Gasteiger partial charge in [0.05, 0.1) is 5.56 Å². The second-order valence-corrected chi connectivity index (χ2v) is 7.39. The van der Waals surface area contributed by atoms with Gasteiger partial charge in [0.1, 0.15) is 5.82 Å².